The van der Waals surface area contributed by atoms with Crippen LogP contribution in [0.4, 0.5) is 0 Å². The van der Waals surface area contributed by atoms with Gasteiger partial charge < -0.3 is 9.97 Å². The molecule has 2 heterocycles. The summed E-state index contributed by atoms with van der Waals surface area (Å²) in [7, 11) is 0. The molecule has 19 heavy (non-hydrogen) atoms. The van der Waals surface area contributed by atoms with Gasteiger partial charge in [0.2, 0.25) is 0 Å². The van der Waals surface area contributed by atoms with Gasteiger partial charge in [0, 0.05) is 41.0 Å². The zero-order valence-electron chi connectivity index (χ0n) is 12.8. The molecule has 0 amide bonds. The number of imidazole rings is 2. The summed E-state index contributed by atoms with van der Waals surface area (Å²) in [6, 6.07) is 0. The Kier molecular flexibility index (Phi) is 3.29. The Morgan fingerprint density at radius 3 is 2.16 bits per heavy atom. The summed E-state index contributed by atoms with van der Waals surface area (Å²) in [5.41, 5.74) is 2.32. The molecule has 2 aromatic rings. The van der Waals surface area contributed by atoms with Crippen molar-refractivity contribution in [3.05, 3.63) is 35.4 Å². The first-order chi connectivity index (χ1) is 8.68. The number of hydrogen-bond acceptors (Lipinski definition) is 2. The van der Waals surface area contributed by atoms with Gasteiger partial charge in [-0.15, -0.1) is 0 Å². The van der Waals surface area contributed by atoms with Crippen molar-refractivity contribution in [3.8, 4) is 0 Å². The van der Waals surface area contributed by atoms with Crippen LogP contribution in [-0.4, -0.2) is 19.9 Å². The Morgan fingerprint density at radius 1 is 1.00 bits per heavy atom. The molecule has 0 saturated heterocycles. The summed E-state index contributed by atoms with van der Waals surface area (Å²) in [6.45, 7) is 13.0. The van der Waals surface area contributed by atoms with Gasteiger partial charge in [0.15, 0.2) is 0 Å². The lowest BCUT2D eigenvalue weighted by Crippen LogP contribution is -2.23. The first kappa shape index (κ1) is 13.8. The molecule has 0 spiro atoms. The number of nitrogens with zero attached hydrogens (tertiary/aromatic N) is 2. The second-order valence-electron chi connectivity index (χ2n) is 6.97. The molecule has 0 saturated carbocycles. The van der Waals surface area contributed by atoms with Crippen LogP contribution in [0, 0.1) is 6.92 Å². The molecule has 0 atom stereocenters. The van der Waals surface area contributed by atoms with E-state index in [0.29, 0.717) is 0 Å². The third-order valence-corrected chi connectivity index (χ3v) is 3.39. The van der Waals surface area contributed by atoms with E-state index in [-0.39, 0.29) is 10.8 Å². The number of rotatable bonds is 3. The van der Waals surface area contributed by atoms with Gasteiger partial charge in [-0.25, -0.2) is 9.97 Å². The van der Waals surface area contributed by atoms with E-state index in [1.807, 2.05) is 19.3 Å². The quantitative estimate of drug-likeness (QED) is 0.890. The number of nitrogens with one attached hydrogen (secondary N) is 2. The average molecular weight is 260 g/mol. The molecule has 0 aliphatic heterocycles. The van der Waals surface area contributed by atoms with Crippen LogP contribution in [0.5, 0.6) is 0 Å². The summed E-state index contributed by atoms with van der Waals surface area (Å²) in [4.78, 5) is 15.7. The van der Waals surface area contributed by atoms with Gasteiger partial charge >= 0.3 is 0 Å². The maximum absolute atomic E-state index is 4.50. The molecule has 0 unspecified atom stereocenters. The fraction of sp³-hybridized carbons (Fsp3) is 0.600. The molecule has 2 N–H and O–H groups in total. The van der Waals surface area contributed by atoms with Gasteiger partial charge in [0.25, 0.3) is 0 Å². The maximum atomic E-state index is 4.50. The molecule has 4 nitrogen and oxygen atoms in total. The van der Waals surface area contributed by atoms with Crippen LogP contribution in [-0.2, 0) is 17.3 Å². The fourth-order valence-electron chi connectivity index (χ4n) is 2.09. The number of aromatic nitrogens is 4. The van der Waals surface area contributed by atoms with Crippen molar-refractivity contribution < 1.29 is 0 Å². The molecule has 0 aromatic carbocycles. The summed E-state index contributed by atoms with van der Waals surface area (Å²) in [6.07, 6.45) is 4.66. The Labute approximate surface area is 115 Å². The van der Waals surface area contributed by atoms with E-state index in [1.165, 1.54) is 5.69 Å². The van der Waals surface area contributed by atoms with Crippen LogP contribution in [0.2, 0.25) is 0 Å². The van der Waals surface area contributed by atoms with Crippen molar-refractivity contribution in [3.63, 3.8) is 0 Å². The van der Waals surface area contributed by atoms with E-state index < -0.39 is 0 Å². The first-order valence-electron chi connectivity index (χ1n) is 6.75. The largest absolute Gasteiger partial charge is 0.346 e. The molecule has 2 rings (SSSR count). The number of aryl methyl sites for hydroxylation is 1. The molecule has 4 heteroatoms. The molecule has 0 fully saturated rings. The van der Waals surface area contributed by atoms with Gasteiger partial charge in [-0.1, -0.05) is 34.6 Å². The minimum atomic E-state index is -0.0543. The van der Waals surface area contributed by atoms with Crippen molar-refractivity contribution in [2.45, 2.75) is 58.8 Å². The third-order valence-electron chi connectivity index (χ3n) is 3.39. The van der Waals surface area contributed by atoms with Crippen molar-refractivity contribution in [2.75, 3.05) is 0 Å². The summed E-state index contributed by atoms with van der Waals surface area (Å²) in [5, 5.41) is 0. The van der Waals surface area contributed by atoms with Crippen LogP contribution in [0.25, 0.3) is 0 Å². The van der Waals surface area contributed by atoms with E-state index in [0.717, 1.165) is 23.8 Å². The monoisotopic (exact) mass is 260 g/mol. The van der Waals surface area contributed by atoms with Crippen molar-refractivity contribution in [1.29, 1.82) is 0 Å². The smallest absolute Gasteiger partial charge is 0.112 e. The van der Waals surface area contributed by atoms with E-state index in [4.69, 9.17) is 0 Å². The predicted molar refractivity (Wildman–Crippen MR) is 77.3 cm³/mol. The second-order valence-corrected chi connectivity index (χ2v) is 6.97. The van der Waals surface area contributed by atoms with Crippen LogP contribution >= 0.6 is 0 Å². The van der Waals surface area contributed by atoms with Gasteiger partial charge in [0.1, 0.15) is 11.6 Å². The molecule has 0 aliphatic rings. The minimum Gasteiger partial charge on any atom is -0.346 e. The summed E-state index contributed by atoms with van der Waals surface area (Å²) < 4.78 is 0. The Hall–Kier alpha value is -1.58. The number of hydrogen-bond donors (Lipinski definition) is 2. The van der Waals surface area contributed by atoms with Gasteiger partial charge in [-0.2, -0.15) is 0 Å². The van der Waals surface area contributed by atoms with Crippen LogP contribution in [0.3, 0.4) is 0 Å². The molecular formula is C15H24N4. The predicted octanol–water partition coefficient (Wildman–Crippen LogP) is 3.26. The van der Waals surface area contributed by atoms with Crippen LogP contribution < -0.4 is 0 Å². The Morgan fingerprint density at radius 2 is 1.68 bits per heavy atom. The topological polar surface area (TPSA) is 57.4 Å². The molecule has 0 bridgehead atoms. The van der Waals surface area contributed by atoms with Crippen LogP contribution in [0.15, 0.2) is 12.4 Å². The fourth-order valence-corrected chi connectivity index (χ4v) is 2.09. The highest BCUT2D eigenvalue weighted by atomic mass is 15.0. The van der Waals surface area contributed by atoms with E-state index >= 15 is 0 Å². The highest BCUT2D eigenvalue weighted by molar-refractivity contribution is 5.16. The van der Waals surface area contributed by atoms with Gasteiger partial charge in [-0.05, 0) is 6.92 Å². The molecule has 0 radical (unpaired) electrons. The highest BCUT2D eigenvalue weighted by Crippen LogP contribution is 2.26. The highest BCUT2D eigenvalue weighted by Gasteiger charge is 2.26. The second kappa shape index (κ2) is 4.51. The van der Waals surface area contributed by atoms with Gasteiger partial charge in [-0.3, -0.25) is 0 Å². The normalized spacial score (nSPS) is 12.9. The Balaban J connectivity index is 2.18. The molecule has 0 aliphatic carbocycles. The van der Waals surface area contributed by atoms with Crippen LogP contribution in [0.1, 0.15) is 57.7 Å². The lowest BCUT2D eigenvalue weighted by molar-refractivity contribution is 0.478. The third kappa shape index (κ3) is 3.06. The number of aromatic amines is 2. The summed E-state index contributed by atoms with van der Waals surface area (Å²) >= 11 is 0. The Bertz CT molecular complexity index is 555. The number of H-pyrrole nitrogens is 2. The van der Waals surface area contributed by atoms with Crippen molar-refractivity contribution in [1.82, 2.24) is 19.9 Å². The van der Waals surface area contributed by atoms with Crippen molar-refractivity contribution in [2.24, 2.45) is 0 Å². The maximum Gasteiger partial charge on any atom is 0.112 e. The van der Waals surface area contributed by atoms with E-state index in [1.54, 1.807) is 0 Å². The molecule has 2 aromatic heterocycles. The first-order valence-corrected chi connectivity index (χ1v) is 6.75. The SMILES string of the molecule is Cc1cnc(C(C)(C)Cc2ncc(C(C)(C)C)[nH]2)[nH]1. The lowest BCUT2D eigenvalue weighted by atomic mass is 9.88. The lowest BCUT2D eigenvalue weighted by Gasteiger charge is -2.21. The van der Waals surface area contributed by atoms with Gasteiger partial charge in [0.05, 0.1) is 0 Å². The molecule has 104 valence electrons. The summed E-state index contributed by atoms with van der Waals surface area (Å²) in [5.74, 6) is 2.03. The molecular weight excluding hydrogens is 236 g/mol. The zero-order valence-corrected chi connectivity index (χ0v) is 12.8. The minimum absolute atomic E-state index is 0.0543. The zero-order chi connectivity index (χ0) is 14.3. The van der Waals surface area contributed by atoms with Crippen molar-refractivity contribution >= 4 is 0 Å². The standard InChI is InChI=1S/C15H24N4/c1-10-8-17-13(18-10)15(5,6)7-12-16-9-11(19-12)14(2,3)4/h8-9H,7H2,1-6H3,(H,16,19)(H,17,18). The van der Waals surface area contributed by atoms with E-state index in [2.05, 4.69) is 54.6 Å². The van der Waals surface area contributed by atoms with E-state index in [9.17, 15) is 0 Å². The average Bonchev–Trinajstić information content (AvgIpc) is 2.85.